The number of fused-ring (bicyclic) bond motifs is 1. The molecule has 0 bridgehead atoms. The van der Waals surface area contributed by atoms with Crippen LogP contribution in [0.1, 0.15) is 5.56 Å². The van der Waals surface area contributed by atoms with Crippen molar-refractivity contribution < 1.29 is 4.79 Å². The Balaban J connectivity index is 1.82. The first-order valence-corrected chi connectivity index (χ1v) is 7.20. The highest BCUT2D eigenvalue weighted by Crippen LogP contribution is 2.09. The summed E-state index contributed by atoms with van der Waals surface area (Å²) in [4.78, 5) is 30.2. The molecule has 2 heterocycles. The number of rotatable bonds is 4. The predicted octanol–water partition coefficient (Wildman–Crippen LogP) is 0.789. The standard InChI is InChI=1S/C16H17N5O2/c1-19(9-12-7-18-20(2)10-12)16(23)11-21-14-6-4-3-5-13(14)17-8-15(21)22/h3-8,10H,9,11H2,1-2H3. The van der Waals surface area contributed by atoms with Crippen LogP contribution in [0.4, 0.5) is 0 Å². The molecule has 23 heavy (non-hydrogen) atoms. The van der Waals surface area contributed by atoms with E-state index in [1.54, 1.807) is 28.9 Å². The van der Waals surface area contributed by atoms with Gasteiger partial charge in [-0.05, 0) is 12.1 Å². The van der Waals surface area contributed by atoms with Crippen molar-refractivity contribution in [2.24, 2.45) is 7.05 Å². The average molecular weight is 311 g/mol. The SMILES string of the molecule is CN(Cc1cnn(C)c1)C(=O)Cn1c(=O)cnc2ccccc21. The van der Waals surface area contributed by atoms with E-state index in [1.807, 2.05) is 31.4 Å². The van der Waals surface area contributed by atoms with Crippen molar-refractivity contribution >= 4 is 16.9 Å². The number of benzene rings is 1. The van der Waals surface area contributed by atoms with Gasteiger partial charge in [-0.1, -0.05) is 12.1 Å². The second kappa shape index (κ2) is 6.04. The molecule has 2 aromatic heterocycles. The van der Waals surface area contributed by atoms with E-state index in [4.69, 9.17) is 0 Å². The van der Waals surface area contributed by atoms with Gasteiger partial charge in [-0.3, -0.25) is 18.8 Å². The van der Waals surface area contributed by atoms with Crippen molar-refractivity contribution in [2.75, 3.05) is 7.05 Å². The fourth-order valence-corrected chi connectivity index (χ4v) is 2.45. The molecule has 7 heteroatoms. The largest absolute Gasteiger partial charge is 0.340 e. The van der Waals surface area contributed by atoms with E-state index in [2.05, 4.69) is 10.1 Å². The summed E-state index contributed by atoms with van der Waals surface area (Å²) in [5, 5.41) is 4.08. The van der Waals surface area contributed by atoms with Crippen molar-refractivity contribution in [3.05, 3.63) is 58.8 Å². The Hall–Kier alpha value is -2.96. The van der Waals surface area contributed by atoms with Gasteiger partial charge in [0.1, 0.15) is 6.54 Å². The number of carbonyl (C=O) groups is 1. The van der Waals surface area contributed by atoms with Crippen LogP contribution in [0.3, 0.4) is 0 Å². The smallest absolute Gasteiger partial charge is 0.269 e. The number of likely N-dealkylation sites (N-methyl/N-ethyl adjacent to an activating group) is 1. The molecule has 3 rings (SSSR count). The molecule has 3 aromatic rings. The van der Waals surface area contributed by atoms with E-state index in [0.29, 0.717) is 17.6 Å². The van der Waals surface area contributed by atoms with Gasteiger partial charge >= 0.3 is 0 Å². The molecular weight excluding hydrogens is 294 g/mol. The lowest BCUT2D eigenvalue weighted by atomic mass is 10.3. The van der Waals surface area contributed by atoms with Crippen LogP contribution in [0.25, 0.3) is 11.0 Å². The van der Waals surface area contributed by atoms with Gasteiger partial charge < -0.3 is 4.90 Å². The quantitative estimate of drug-likeness (QED) is 0.714. The van der Waals surface area contributed by atoms with Gasteiger partial charge in [0, 0.05) is 32.4 Å². The number of amides is 1. The fourth-order valence-electron chi connectivity index (χ4n) is 2.45. The number of aromatic nitrogens is 4. The molecule has 0 saturated carbocycles. The van der Waals surface area contributed by atoms with E-state index in [1.165, 1.54) is 10.8 Å². The molecule has 0 N–H and O–H groups in total. The van der Waals surface area contributed by atoms with Gasteiger partial charge in [-0.25, -0.2) is 4.98 Å². The van der Waals surface area contributed by atoms with Crippen molar-refractivity contribution in [1.82, 2.24) is 24.2 Å². The van der Waals surface area contributed by atoms with Crippen LogP contribution in [0.15, 0.2) is 47.7 Å². The van der Waals surface area contributed by atoms with E-state index in [0.717, 1.165) is 5.56 Å². The summed E-state index contributed by atoms with van der Waals surface area (Å²) in [6.07, 6.45) is 4.83. The number of carbonyl (C=O) groups excluding carboxylic acids is 1. The van der Waals surface area contributed by atoms with Crippen LogP contribution in [-0.4, -0.2) is 37.2 Å². The first kappa shape index (κ1) is 15.0. The molecule has 0 radical (unpaired) electrons. The Morgan fingerprint density at radius 3 is 2.78 bits per heavy atom. The lowest BCUT2D eigenvalue weighted by molar-refractivity contribution is -0.131. The van der Waals surface area contributed by atoms with Gasteiger partial charge in [0.15, 0.2) is 0 Å². The third-order valence-corrected chi connectivity index (χ3v) is 3.65. The van der Waals surface area contributed by atoms with Crippen molar-refractivity contribution in [2.45, 2.75) is 13.1 Å². The van der Waals surface area contributed by atoms with Crippen LogP contribution in [0.5, 0.6) is 0 Å². The summed E-state index contributed by atoms with van der Waals surface area (Å²) in [7, 11) is 3.54. The molecular formula is C16H17N5O2. The zero-order valence-corrected chi connectivity index (χ0v) is 13.0. The number of hydrogen-bond acceptors (Lipinski definition) is 4. The van der Waals surface area contributed by atoms with Gasteiger partial charge in [0.25, 0.3) is 5.56 Å². The van der Waals surface area contributed by atoms with Crippen LogP contribution in [0, 0.1) is 0 Å². The molecule has 0 saturated heterocycles. The Morgan fingerprint density at radius 2 is 2.04 bits per heavy atom. The molecule has 0 aliphatic rings. The first-order chi connectivity index (χ1) is 11.0. The minimum Gasteiger partial charge on any atom is -0.340 e. The van der Waals surface area contributed by atoms with Gasteiger partial charge in [0.2, 0.25) is 5.91 Å². The van der Waals surface area contributed by atoms with Crippen molar-refractivity contribution in [1.29, 1.82) is 0 Å². The summed E-state index contributed by atoms with van der Waals surface area (Å²) < 4.78 is 3.14. The Labute approximate surface area is 132 Å². The van der Waals surface area contributed by atoms with E-state index in [-0.39, 0.29) is 18.0 Å². The normalized spacial score (nSPS) is 10.9. The Bertz CT molecular complexity index is 912. The highest BCUT2D eigenvalue weighted by Gasteiger charge is 2.13. The second-order valence-electron chi connectivity index (χ2n) is 5.44. The Morgan fingerprint density at radius 1 is 1.26 bits per heavy atom. The number of nitrogens with zero attached hydrogens (tertiary/aromatic N) is 5. The average Bonchev–Trinajstić information content (AvgIpc) is 2.95. The Kier molecular flexibility index (Phi) is 3.92. The molecule has 1 amide bonds. The summed E-state index contributed by atoms with van der Waals surface area (Å²) in [6.45, 7) is 0.434. The van der Waals surface area contributed by atoms with E-state index >= 15 is 0 Å². The second-order valence-corrected chi connectivity index (χ2v) is 5.44. The number of para-hydroxylation sites is 2. The molecule has 0 spiro atoms. The monoisotopic (exact) mass is 311 g/mol. The van der Waals surface area contributed by atoms with E-state index < -0.39 is 0 Å². The van der Waals surface area contributed by atoms with Crippen LogP contribution in [-0.2, 0) is 24.9 Å². The van der Waals surface area contributed by atoms with E-state index in [9.17, 15) is 9.59 Å². The minimum atomic E-state index is -0.285. The summed E-state index contributed by atoms with van der Waals surface area (Å²) in [5.74, 6) is -0.146. The van der Waals surface area contributed by atoms with Crippen LogP contribution in [0.2, 0.25) is 0 Å². The summed E-state index contributed by atoms with van der Waals surface area (Å²) in [6, 6.07) is 7.28. The molecule has 7 nitrogen and oxygen atoms in total. The molecule has 0 atom stereocenters. The molecule has 0 aliphatic carbocycles. The highest BCUT2D eigenvalue weighted by atomic mass is 16.2. The predicted molar refractivity (Wildman–Crippen MR) is 85.7 cm³/mol. The number of aryl methyl sites for hydroxylation is 1. The fraction of sp³-hybridized carbons (Fsp3) is 0.250. The number of hydrogen-bond donors (Lipinski definition) is 0. The van der Waals surface area contributed by atoms with Crippen molar-refractivity contribution in [3.8, 4) is 0 Å². The van der Waals surface area contributed by atoms with Gasteiger partial charge in [-0.15, -0.1) is 0 Å². The minimum absolute atomic E-state index is 0.0152. The zero-order valence-electron chi connectivity index (χ0n) is 13.0. The maximum Gasteiger partial charge on any atom is 0.269 e. The van der Waals surface area contributed by atoms with Gasteiger partial charge in [0.05, 0.1) is 23.4 Å². The van der Waals surface area contributed by atoms with Crippen LogP contribution >= 0.6 is 0 Å². The maximum absolute atomic E-state index is 12.4. The highest BCUT2D eigenvalue weighted by molar-refractivity contribution is 5.79. The zero-order chi connectivity index (χ0) is 16.4. The summed E-state index contributed by atoms with van der Waals surface area (Å²) in [5.41, 5.74) is 2.00. The third kappa shape index (κ3) is 3.13. The maximum atomic E-state index is 12.4. The lowest BCUT2D eigenvalue weighted by Crippen LogP contribution is -2.33. The molecule has 0 aliphatic heterocycles. The summed E-state index contributed by atoms with van der Waals surface area (Å²) >= 11 is 0. The topological polar surface area (TPSA) is 73.0 Å². The van der Waals surface area contributed by atoms with Crippen molar-refractivity contribution in [3.63, 3.8) is 0 Å². The van der Waals surface area contributed by atoms with Crippen LogP contribution < -0.4 is 5.56 Å². The molecule has 0 unspecified atom stereocenters. The molecule has 1 aromatic carbocycles. The first-order valence-electron chi connectivity index (χ1n) is 7.20. The molecule has 118 valence electrons. The molecule has 0 fully saturated rings. The third-order valence-electron chi connectivity index (χ3n) is 3.65. The lowest BCUT2D eigenvalue weighted by Gasteiger charge is -2.17. The van der Waals surface area contributed by atoms with Gasteiger partial charge in [-0.2, -0.15) is 5.10 Å².